The molecule has 374 valence electrons. The molecule has 0 amide bonds. The summed E-state index contributed by atoms with van der Waals surface area (Å²) in [6, 6.07) is 0. The Hall–Kier alpha value is -4.05. The molecule has 9 nitrogen and oxygen atoms in total. The predicted octanol–water partition coefficient (Wildman–Crippen LogP) is 13.1. The van der Waals surface area contributed by atoms with E-state index in [-0.39, 0.29) is 38.6 Å². The van der Waals surface area contributed by atoms with Crippen molar-refractivity contribution in [2.24, 2.45) is 0 Å². The van der Waals surface area contributed by atoms with Crippen molar-refractivity contribution in [1.82, 2.24) is 0 Å². The van der Waals surface area contributed by atoms with Gasteiger partial charge in [0, 0.05) is 12.8 Å². The number of carbonyl (C=O) groups excluding carboxylic acids is 3. The van der Waals surface area contributed by atoms with Gasteiger partial charge in [-0.25, -0.2) is 0 Å². The standard InChI is InChI=1S/C57H93NO8/c1-6-8-10-12-14-16-18-20-21-22-23-24-25-26-27-28-29-30-31-32-33-34-35-36-38-40-42-44-46-48-55(60)66-53(52-65-57(56(61)62)63-50-49-58(3,4)5)51-64-54(59)47-45-43-41-39-37-19-17-15-13-11-9-7-2/h8,10,14-17,20-21,23-24,26-27,29-30,32-33,35-36,53,57H,6-7,9,11-13,18-19,22,25,28,31,34,37-52H2,1-5H3/b10-8-,16-14-,17-15-,21-20-,24-23-,27-26-,30-29-,33-32-,36-35-. The number of allylic oxidation sites excluding steroid dienone is 18. The summed E-state index contributed by atoms with van der Waals surface area (Å²) in [5.41, 5.74) is 0. The summed E-state index contributed by atoms with van der Waals surface area (Å²) < 4.78 is 22.5. The molecular formula is C57H93NO8. The second kappa shape index (κ2) is 47.4. The second-order valence-electron chi connectivity index (χ2n) is 17.7. The monoisotopic (exact) mass is 920 g/mol. The molecule has 2 unspecified atom stereocenters. The topological polar surface area (TPSA) is 111 Å². The van der Waals surface area contributed by atoms with Crippen molar-refractivity contribution in [3.8, 4) is 0 Å². The van der Waals surface area contributed by atoms with Gasteiger partial charge in [0.2, 0.25) is 0 Å². The molecule has 0 aromatic rings. The number of carbonyl (C=O) groups is 3. The summed E-state index contributed by atoms with van der Waals surface area (Å²) in [4.78, 5) is 37.1. The fourth-order valence-corrected chi connectivity index (χ4v) is 6.31. The van der Waals surface area contributed by atoms with Crippen LogP contribution in [0.4, 0.5) is 0 Å². The van der Waals surface area contributed by atoms with Gasteiger partial charge in [0.15, 0.2) is 12.4 Å². The van der Waals surface area contributed by atoms with Crippen molar-refractivity contribution in [2.75, 3.05) is 47.5 Å². The smallest absolute Gasteiger partial charge is 0.306 e. The molecule has 0 spiro atoms. The lowest BCUT2D eigenvalue weighted by Crippen LogP contribution is -2.44. The highest BCUT2D eigenvalue weighted by atomic mass is 16.7. The van der Waals surface area contributed by atoms with Gasteiger partial charge >= 0.3 is 11.9 Å². The van der Waals surface area contributed by atoms with Gasteiger partial charge < -0.3 is 33.3 Å². The third-order valence-electron chi connectivity index (χ3n) is 10.3. The van der Waals surface area contributed by atoms with Crippen LogP contribution in [0.15, 0.2) is 109 Å². The number of carboxylic acids is 1. The van der Waals surface area contributed by atoms with E-state index in [0.29, 0.717) is 17.4 Å². The molecule has 9 heteroatoms. The van der Waals surface area contributed by atoms with Crippen molar-refractivity contribution in [3.05, 3.63) is 109 Å². The van der Waals surface area contributed by atoms with Gasteiger partial charge in [0.1, 0.15) is 13.2 Å². The van der Waals surface area contributed by atoms with Crippen LogP contribution in [0.1, 0.15) is 174 Å². The summed E-state index contributed by atoms with van der Waals surface area (Å²) in [5.74, 6) is -2.35. The number of rotatable bonds is 45. The number of hydrogen-bond donors (Lipinski definition) is 0. The van der Waals surface area contributed by atoms with Gasteiger partial charge in [-0.2, -0.15) is 0 Å². The summed E-state index contributed by atoms with van der Waals surface area (Å²) in [6.45, 7) is 4.53. The Bertz CT molecular complexity index is 1440. The SMILES string of the molecule is CC/C=C\C/C=C\C/C=C\C/C=C\C/C=C\C/C=C\C/C=C\C/C=C\CCCCCCC(=O)OC(COC(=O)CCCCCCC/C=C\CCCCC)COC(OCC[N+](C)(C)C)C(=O)[O-]. The van der Waals surface area contributed by atoms with Gasteiger partial charge in [-0.05, 0) is 103 Å². The fraction of sp³-hybridized carbons (Fsp3) is 0.632. The third kappa shape index (κ3) is 47.9. The Morgan fingerprint density at radius 3 is 1.30 bits per heavy atom. The van der Waals surface area contributed by atoms with E-state index in [9.17, 15) is 19.5 Å². The first-order valence-corrected chi connectivity index (χ1v) is 25.5. The second-order valence-corrected chi connectivity index (χ2v) is 17.7. The lowest BCUT2D eigenvalue weighted by Gasteiger charge is -2.26. The summed E-state index contributed by atoms with van der Waals surface area (Å²) in [7, 11) is 5.89. The van der Waals surface area contributed by atoms with Crippen molar-refractivity contribution in [2.45, 2.75) is 187 Å². The Morgan fingerprint density at radius 1 is 0.470 bits per heavy atom. The summed E-state index contributed by atoms with van der Waals surface area (Å²) >= 11 is 0. The fourth-order valence-electron chi connectivity index (χ4n) is 6.31. The maximum absolute atomic E-state index is 12.8. The Kier molecular flexibility index (Phi) is 44.5. The van der Waals surface area contributed by atoms with E-state index in [2.05, 4.69) is 123 Å². The van der Waals surface area contributed by atoms with E-state index in [1.54, 1.807) is 0 Å². The first-order valence-electron chi connectivity index (χ1n) is 25.5. The van der Waals surface area contributed by atoms with E-state index < -0.39 is 24.3 Å². The Labute approximate surface area is 403 Å². The number of quaternary nitrogens is 1. The number of ether oxygens (including phenoxy) is 4. The molecule has 0 rings (SSSR count). The maximum Gasteiger partial charge on any atom is 0.306 e. The molecule has 0 N–H and O–H groups in total. The largest absolute Gasteiger partial charge is 0.545 e. The molecule has 0 aliphatic rings. The Balaban J connectivity index is 4.38. The van der Waals surface area contributed by atoms with Gasteiger partial charge in [-0.15, -0.1) is 0 Å². The van der Waals surface area contributed by atoms with Gasteiger partial charge in [-0.1, -0.05) is 168 Å². The molecular weight excluding hydrogens is 827 g/mol. The molecule has 0 heterocycles. The zero-order valence-electron chi connectivity index (χ0n) is 42.3. The van der Waals surface area contributed by atoms with Crippen LogP contribution in [0.25, 0.3) is 0 Å². The normalized spacial score (nSPS) is 13.8. The van der Waals surface area contributed by atoms with Crippen LogP contribution in [-0.2, 0) is 33.3 Å². The number of esters is 2. The predicted molar refractivity (Wildman–Crippen MR) is 273 cm³/mol. The van der Waals surface area contributed by atoms with Crippen LogP contribution >= 0.6 is 0 Å². The van der Waals surface area contributed by atoms with Crippen molar-refractivity contribution >= 4 is 17.9 Å². The van der Waals surface area contributed by atoms with Crippen LogP contribution in [0.2, 0.25) is 0 Å². The molecule has 0 aliphatic carbocycles. The number of likely N-dealkylation sites (N-methyl/N-ethyl adjacent to an activating group) is 1. The highest BCUT2D eigenvalue weighted by molar-refractivity contribution is 5.70. The molecule has 0 saturated carbocycles. The highest BCUT2D eigenvalue weighted by Crippen LogP contribution is 2.12. The first kappa shape index (κ1) is 62.0. The molecule has 0 radical (unpaired) electrons. The van der Waals surface area contributed by atoms with Gasteiger partial charge in [0.05, 0.1) is 40.3 Å². The minimum Gasteiger partial charge on any atom is -0.545 e. The zero-order valence-corrected chi connectivity index (χ0v) is 42.3. The van der Waals surface area contributed by atoms with Crippen LogP contribution in [0, 0.1) is 0 Å². The van der Waals surface area contributed by atoms with Crippen molar-refractivity contribution in [3.63, 3.8) is 0 Å². The van der Waals surface area contributed by atoms with Gasteiger partial charge in [-0.3, -0.25) is 9.59 Å². The molecule has 0 fully saturated rings. The van der Waals surface area contributed by atoms with E-state index in [1.807, 2.05) is 21.1 Å². The van der Waals surface area contributed by atoms with Crippen molar-refractivity contribution < 1.29 is 42.9 Å². The molecule has 0 aromatic carbocycles. The zero-order chi connectivity index (χ0) is 48.4. The average Bonchev–Trinajstić information content (AvgIpc) is 3.28. The molecule has 0 aliphatic heterocycles. The van der Waals surface area contributed by atoms with Crippen LogP contribution in [-0.4, -0.2) is 82.3 Å². The molecule has 0 aromatic heterocycles. The average molecular weight is 920 g/mol. The van der Waals surface area contributed by atoms with Crippen LogP contribution in [0.5, 0.6) is 0 Å². The molecule has 0 saturated heterocycles. The lowest BCUT2D eigenvalue weighted by molar-refractivity contribution is -0.870. The number of carboxylic acid groups (broad SMARTS) is 1. The number of unbranched alkanes of at least 4 members (excludes halogenated alkanes) is 12. The number of nitrogens with zero attached hydrogens (tertiary/aromatic N) is 1. The van der Waals surface area contributed by atoms with E-state index in [4.69, 9.17) is 18.9 Å². The van der Waals surface area contributed by atoms with Gasteiger partial charge in [0.25, 0.3) is 0 Å². The summed E-state index contributed by atoms with van der Waals surface area (Å²) in [6.07, 6.45) is 61.3. The summed E-state index contributed by atoms with van der Waals surface area (Å²) in [5, 5.41) is 11.7. The lowest BCUT2D eigenvalue weighted by atomic mass is 10.1. The van der Waals surface area contributed by atoms with E-state index >= 15 is 0 Å². The highest BCUT2D eigenvalue weighted by Gasteiger charge is 2.21. The molecule has 2 atom stereocenters. The quantitative estimate of drug-likeness (QED) is 0.0195. The number of aliphatic carboxylic acids is 1. The molecule has 0 bridgehead atoms. The van der Waals surface area contributed by atoms with E-state index in [1.165, 1.54) is 19.3 Å². The Morgan fingerprint density at radius 2 is 0.864 bits per heavy atom. The third-order valence-corrected chi connectivity index (χ3v) is 10.3. The van der Waals surface area contributed by atoms with E-state index in [0.717, 1.165) is 122 Å². The minimum atomic E-state index is -1.64. The molecule has 66 heavy (non-hydrogen) atoms. The minimum absolute atomic E-state index is 0.135. The van der Waals surface area contributed by atoms with Crippen LogP contribution < -0.4 is 5.11 Å². The number of hydrogen-bond acceptors (Lipinski definition) is 8. The maximum atomic E-state index is 12.8. The van der Waals surface area contributed by atoms with Crippen LogP contribution in [0.3, 0.4) is 0 Å². The van der Waals surface area contributed by atoms with Crippen molar-refractivity contribution in [1.29, 1.82) is 0 Å². The first-order chi connectivity index (χ1) is 32.1.